The monoisotopic (exact) mass is 379 g/mol. The van der Waals surface area contributed by atoms with Gasteiger partial charge in [-0.3, -0.25) is 4.79 Å². The number of rotatable bonds is 4. The Kier molecular flexibility index (Phi) is 5.03. The fourth-order valence-electron chi connectivity index (χ4n) is 4.35. The van der Waals surface area contributed by atoms with Gasteiger partial charge in [0.2, 0.25) is 0 Å². The molecule has 4 rings (SSSR count). The van der Waals surface area contributed by atoms with Gasteiger partial charge in [-0.2, -0.15) is 0 Å². The third kappa shape index (κ3) is 3.46. The molecule has 1 aliphatic carbocycles. The molecule has 2 aromatic rings. The second-order valence-corrected chi connectivity index (χ2v) is 7.71. The maximum absolute atomic E-state index is 13.2. The van der Waals surface area contributed by atoms with Gasteiger partial charge in [0.25, 0.3) is 5.91 Å². The van der Waals surface area contributed by atoms with Crippen LogP contribution in [0.3, 0.4) is 0 Å². The highest BCUT2D eigenvalue weighted by Crippen LogP contribution is 2.28. The number of carboxylic acid groups (broad SMARTS) is 1. The SMILES string of the molecule is CN(c1cc(C(=O)N2Cc3ccccc3CC2C(=O)O)ccn1)C1CCCC1. The molecule has 6 heteroatoms. The van der Waals surface area contributed by atoms with E-state index in [4.69, 9.17) is 0 Å². The molecule has 1 unspecified atom stereocenters. The van der Waals surface area contributed by atoms with Crippen molar-refractivity contribution in [2.24, 2.45) is 0 Å². The Balaban J connectivity index is 1.61. The van der Waals surface area contributed by atoms with E-state index in [9.17, 15) is 14.7 Å². The first-order valence-electron chi connectivity index (χ1n) is 9.84. The van der Waals surface area contributed by atoms with Gasteiger partial charge in [0.15, 0.2) is 0 Å². The molecule has 2 heterocycles. The number of aliphatic carboxylic acids is 1. The van der Waals surface area contributed by atoms with Gasteiger partial charge in [-0.05, 0) is 36.1 Å². The molecule has 6 nitrogen and oxygen atoms in total. The van der Waals surface area contributed by atoms with Crippen molar-refractivity contribution < 1.29 is 14.7 Å². The van der Waals surface area contributed by atoms with Crippen LogP contribution < -0.4 is 4.90 Å². The first-order chi connectivity index (χ1) is 13.5. The van der Waals surface area contributed by atoms with E-state index in [0.717, 1.165) is 29.8 Å². The van der Waals surface area contributed by atoms with Gasteiger partial charge in [0.1, 0.15) is 11.9 Å². The maximum Gasteiger partial charge on any atom is 0.326 e. The number of hydrogen-bond donors (Lipinski definition) is 1. The smallest absolute Gasteiger partial charge is 0.326 e. The lowest BCUT2D eigenvalue weighted by Gasteiger charge is -2.34. The number of pyridine rings is 1. The second-order valence-electron chi connectivity index (χ2n) is 7.71. The van der Waals surface area contributed by atoms with Gasteiger partial charge in [-0.25, -0.2) is 9.78 Å². The van der Waals surface area contributed by atoms with Crippen molar-refractivity contribution in [3.63, 3.8) is 0 Å². The lowest BCUT2D eigenvalue weighted by molar-refractivity contribution is -0.142. The van der Waals surface area contributed by atoms with E-state index in [1.54, 1.807) is 18.3 Å². The molecule has 1 N–H and O–H groups in total. The molecular weight excluding hydrogens is 354 g/mol. The summed E-state index contributed by atoms with van der Waals surface area (Å²) in [6.45, 7) is 0.308. The molecule has 2 aliphatic rings. The van der Waals surface area contributed by atoms with Crippen molar-refractivity contribution in [2.75, 3.05) is 11.9 Å². The molecule has 28 heavy (non-hydrogen) atoms. The molecule has 1 aliphatic heterocycles. The van der Waals surface area contributed by atoms with Crippen molar-refractivity contribution in [1.82, 2.24) is 9.88 Å². The number of hydrogen-bond acceptors (Lipinski definition) is 4. The Hall–Kier alpha value is -2.89. The van der Waals surface area contributed by atoms with Crippen LogP contribution in [-0.4, -0.2) is 46.0 Å². The summed E-state index contributed by atoms with van der Waals surface area (Å²) in [6, 6.07) is 10.8. The second kappa shape index (κ2) is 7.62. The van der Waals surface area contributed by atoms with Crippen LogP contribution in [0.5, 0.6) is 0 Å². The molecule has 1 atom stereocenters. The Morgan fingerprint density at radius 1 is 1.14 bits per heavy atom. The van der Waals surface area contributed by atoms with E-state index < -0.39 is 12.0 Å². The number of carboxylic acids is 1. The van der Waals surface area contributed by atoms with Crippen LogP contribution >= 0.6 is 0 Å². The van der Waals surface area contributed by atoms with E-state index >= 15 is 0 Å². The number of fused-ring (bicyclic) bond motifs is 1. The first kappa shape index (κ1) is 18.5. The molecule has 0 spiro atoms. The fraction of sp³-hybridized carbons (Fsp3) is 0.409. The highest BCUT2D eigenvalue weighted by atomic mass is 16.4. The summed E-state index contributed by atoms with van der Waals surface area (Å²) < 4.78 is 0. The Bertz CT molecular complexity index is 892. The van der Waals surface area contributed by atoms with Gasteiger partial charge >= 0.3 is 5.97 Å². The number of benzene rings is 1. The van der Waals surface area contributed by atoms with Crippen molar-refractivity contribution in [3.05, 3.63) is 59.3 Å². The number of amides is 1. The average Bonchev–Trinajstić information content (AvgIpc) is 3.26. The normalized spacial score (nSPS) is 19.3. The number of nitrogens with zero attached hydrogens (tertiary/aromatic N) is 3. The fourth-order valence-corrected chi connectivity index (χ4v) is 4.35. The zero-order valence-corrected chi connectivity index (χ0v) is 16.0. The highest BCUT2D eigenvalue weighted by molar-refractivity contribution is 5.97. The molecule has 0 radical (unpaired) electrons. The zero-order chi connectivity index (χ0) is 19.7. The largest absolute Gasteiger partial charge is 0.480 e. The summed E-state index contributed by atoms with van der Waals surface area (Å²) in [5, 5.41) is 9.70. The summed E-state index contributed by atoms with van der Waals surface area (Å²) in [4.78, 5) is 33.1. The average molecular weight is 379 g/mol. The lowest BCUT2D eigenvalue weighted by Crippen LogP contribution is -2.48. The van der Waals surface area contributed by atoms with Gasteiger partial charge in [-0.15, -0.1) is 0 Å². The molecule has 1 aromatic carbocycles. The highest BCUT2D eigenvalue weighted by Gasteiger charge is 2.35. The molecule has 1 fully saturated rings. The van der Waals surface area contributed by atoms with Crippen LogP contribution in [-0.2, 0) is 17.8 Å². The predicted octanol–water partition coefficient (Wildman–Crippen LogP) is 3.11. The van der Waals surface area contributed by atoms with E-state index in [2.05, 4.69) is 9.88 Å². The van der Waals surface area contributed by atoms with Gasteiger partial charge in [0, 0.05) is 37.8 Å². The minimum absolute atomic E-state index is 0.259. The molecule has 0 bridgehead atoms. The van der Waals surface area contributed by atoms with E-state index in [1.165, 1.54) is 17.7 Å². The van der Waals surface area contributed by atoms with Crippen molar-refractivity contribution >= 4 is 17.7 Å². The van der Waals surface area contributed by atoms with Crippen LogP contribution in [0.2, 0.25) is 0 Å². The van der Waals surface area contributed by atoms with Crippen LogP contribution in [0, 0.1) is 0 Å². The Labute approximate surface area is 164 Å². The minimum Gasteiger partial charge on any atom is -0.480 e. The third-order valence-corrected chi connectivity index (χ3v) is 6.02. The van der Waals surface area contributed by atoms with Crippen LogP contribution in [0.15, 0.2) is 42.6 Å². The molecule has 1 amide bonds. The van der Waals surface area contributed by atoms with Gasteiger partial charge in [0.05, 0.1) is 0 Å². The van der Waals surface area contributed by atoms with Crippen LogP contribution in [0.4, 0.5) is 5.82 Å². The van der Waals surface area contributed by atoms with Gasteiger partial charge < -0.3 is 14.9 Å². The Morgan fingerprint density at radius 2 is 1.86 bits per heavy atom. The molecule has 146 valence electrons. The van der Waals surface area contributed by atoms with Crippen LogP contribution in [0.25, 0.3) is 0 Å². The summed E-state index contributed by atoms with van der Waals surface area (Å²) >= 11 is 0. The number of anilines is 1. The van der Waals surface area contributed by atoms with E-state index in [0.29, 0.717) is 24.6 Å². The molecular formula is C22H25N3O3. The summed E-state index contributed by atoms with van der Waals surface area (Å²) in [5.74, 6) is -0.465. The summed E-state index contributed by atoms with van der Waals surface area (Å²) in [7, 11) is 2.02. The minimum atomic E-state index is -0.972. The Morgan fingerprint density at radius 3 is 2.57 bits per heavy atom. The number of carbonyl (C=O) groups excluding carboxylic acids is 1. The van der Waals surface area contributed by atoms with Crippen molar-refractivity contribution in [2.45, 2.75) is 50.7 Å². The van der Waals surface area contributed by atoms with Crippen molar-refractivity contribution in [1.29, 1.82) is 0 Å². The maximum atomic E-state index is 13.2. The number of carbonyl (C=O) groups is 2. The zero-order valence-electron chi connectivity index (χ0n) is 16.0. The topological polar surface area (TPSA) is 73.7 Å². The molecule has 1 aromatic heterocycles. The van der Waals surface area contributed by atoms with Gasteiger partial charge in [-0.1, -0.05) is 37.1 Å². The lowest BCUT2D eigenvalue weighted by atomic mass is 9.93. The van der Waals surface area contributed by atoms with Crippen LogP contribution in [0.1, 0.15) is 47.2 Å². The van der Waals surface area contributed by atoms with E-state index in [1.807, 2.05) is 31.3 Å². The number of aromatic nitrogens is 1. The van der Waals surface area contributed by atoms with Crippen molar-refractivity contribution in [3.8, 4) is 0 Å². The predicted molar refractivity (Wildman–Crippen MR) is 106 cm³/mol. The third-order valence-electron chi connectivity index (χ3n) is 6.02. The molecule has 1 saturated carbocycles. The molecule has 0 saturated heterocycles. The summed E-state index contributed by atoms with van der Waals surface area (Å²) in [6.07, 6.45) is 6.70. The van der Waals surface area contributed by atoms with E-state index in [-0.39, 0.29) is 5.91 Å². The summed E-state index contributed by atoms with van der Waals surface area (Å²) in [5.41, 5.74) is 2.49. The quantitative estimate of drug-likeness (QED) is 0.884. The first-order valence-corrected chi connectivity index (χ1v) is 9.84. The standard InChI is InChI=1S/C22H25N3O3/c1-24(18-8-4-5-9-18)20-13-16(10-11-23-20)21(26)25-14-17-7-3-2-6-15(17)12-19(25)22(27)28/h2-3,6-7,10-11,13,18-19H,4-5,8-9,12,14H2,1H3,(H,27,28).